The van der Waals surface area contributed by atoms with Gasteiger partial charge in [-0.3, -0.25) is 20.7 Å². The second kappa shape index (κ2) is 8.77. The summed E-state index contributed by atoms with van der Waals surface area (Å²) in [5.74, 6) is 1.19. The van der Waals surface area contributed by atoms with Crippen molar-refractivity contribution in [2.24, 2.45) is 0 Å². The van der Waals surface area contributed by atoms with Crippen LogP contribution in [-0.4, -0.2) is 29.8 Å². The number of nitrogens with zero attached hydrogens (tertiary/aromatic N) is 1. The third-order valence-corrected chi connectivity index (χ3v) is 4.05. The van der Waals surface area contributed by atoms with Crippen LogP contribution < -0.4 is 20.3 Å². The number of hydrogen-bond acceptors (Lipinski definition) is 5. The Morgan fingerprint density at radius 3 is 2.39 bits per heavy atom. The molecule has 0 aliphatic rings. The maximum absolute atomic E-state index is 12.3. The van der Waals surface area contributed by atoms with E-state index < -0.39 is 0 Å². The van der Waals surface area contributed by atoms with Crippen LogP contribution >= 0.6 is 0 Å². The van der Waals surface area contributed by atoms with Gasteiger partial charge >= 0.3 is 0 Å². The maximum Gasteiger partial charge on any atom is 0.287 e. The molecule has 0 saturated heterocycles. The number of aromatic amines is 1. The van der Waals surface area contributed by atoms with Crippen LogP contribution in [0.4, 0.5) is 0 Å². The van der Waals surface area contributed by atoms with Gasteiger partial charge in [0.1, 0.15) is 17.2 Å². The van der Waals surface area contributed by atoms with E-state index in [4.69, 9.17) is 9.47 Å². The summed E-state index contributed by atoms with van der Waals surface area (Å²) in [5.41, 5.74) is 8.70. The van der Waals surface area contributed by atoms with Crippen LogP contribution in [0.3, 0.4) is 0 Å². The Morgan fingerprint density at radius 2 is 1.75 bits per heavy atom. The SMILES string of the molecule is C=C(NNC(=O)c1cc(-c2ccc(OC)cc2)n[nH]1)c1ccc(OCC)cc1. The highest BCUT2D eigenvalue weighted by atomic mass is 16.5. The minimum absolute atomic E-state index is 0.331. The van der Waals surface area contributed by atoms with Gasteiger partial charge in [0.2, 0.25) is 0 Å². The van der Waals surface area contributed by atoms with E-state index >= 15 is 0 Å². The van der Waals surface area contributed by atoms with E-state index in [1.54, 1.807) is 13.2 Å². The van der Waals surface area contributed by atoms with Crippen molar-refractivity contribution >= 4 is 11.6 Å². The zero-order chi connectivity index (χ0) is 19.9. The molecule has 7 nitrogen and oxygen atoms in total. The molecule has 7 heteroatoms. The third-order valence-electron chi connectivity index (χ3n) is 4.05. The van der Waals surface area contributed by atoms with Crippen LogP contribution in [0.2, 0.25) is 0 Å². The number of ether oxygens (including phenoxy) is 2. The van der Waals surface area contributed by atoms with Gasteiger partial charge in [0.15, 0.2) is 0 Å². The van der Waals surface area contributed by atoms with E-state index in [0.717, 1.165) is 22.6 Å². The van der Waals surface area contributed by atoms with E-state index in [0.29, 0.717) is 23.7 Å². The average Bonchev–Trinajstić information content (AvgIpc) is 3.23. The van der Waals surface area contributed by atoms with Crippen molar-refractivity contribution in [2.45, 2.75) is 6.92 Å². The van der Waals surface area contributed by atoms with Gasteiger partial charge in [-0.05, 0) is 67.1 Å². The first kappa shape index (κ1) is 19.0. The fraction of sp³-hybridized carbons (Fsp3) is 0.143. The molecule has 144 valence electrons. The lowest BCUT2D eigenvalue weighted by Crippen LogP contribution is -2.36. The van der Waals surface area contributed by atoms with Crippen LogP contribution in [0, 0.1) is 0 Å². The molecule has 2 aromatic carbocycles. The molecule has 0 saturated carbocycles. The number of benzene rings is 2. The number of hydrazine groups is 1. The second-order valence-electron chi connectivity index (χ2n) is 5.91. The Hall–Kier alpha value is -3.74. The zero-order valence-electron chi connectivity index (χ0n) is 15.8. The van der Waals surface area contributed by atoms with Gasteiger partial charge in [-0.2, -0.15) is 5.10 Å². The predicted molar refractivity (Wildman–Crippen MR) is 108 cm³/mol. The molecule has 28 heavy (non-hydrogen) atoms. The van der Waals surface area contributed by atoms with Crippen molar-refractivity contribution in [1.82, 2.24) is 21.0 Å². The molecule has 0 unspecified atom stereocenters. The smallest absolute Gasteiger partial charge is 0.287 e. The Balaban J connectivity index is 1.58. The van der Waals surface area contributed by atoms with Gasteiger partial charge < -0.3 is 9.47 Å². The minimum Gasteiger partial charge on any atom is -0.497 e. The van der Waals surface area contributed by atoms with Crippen LogP contribution in [0.5, 0.6) is 11.5 Å². The quantitative estimate of drug-likeness (QED) is 0.523. The molecule has 1 amide bonds. The van der Waals surface area contributed by atoms with Crippen LogP contribution in [0.15, 0.2) is 61.2 Å². The van der Waals surface area contributed by atoms with Crippen molar-refractivity contribution in [3.8, 4) is 22.8 Å². The average molecular weight is 378 g/mol. The molecular formula is C21H22N4O3. The molecule has 0 bridgehead atoms. The first-order valence-corrected chi connectivity index (χ1v) is 8.79. The van der Waals surface area contributed by atoms with Gasteiger partial charge in [0.25, 0.3) is 5.91 Å². The molecule has 0 spiro atoms. The first-order chi connectivity index (χ1) is 13.6. The molecule has 0 radical (unpaired) electrons. The van der Waals surface area contributed by atoms with Crippen molar-refractivity contribution in [2.75, 3.05) is 13.7 Å². The normalized spacial score (nSPS) is 10.2. The number of aromatic nitrogens is 2. The third kappa shape index (κ3) is 4.50. The highest BCUT2D eigenvalue weighted by molar-refractivity contribution is 5.93. The molecule has 1 aromatic heterocycles. The van der Waals surface area contributed by atoms with Gasteiger partial charge in [0.05, 0.1) is 25.1 Å². The topological polar surface area (TPSA) is 88.3 Å². The van der Waals surface area contributed by atoms with Gasteiger partial charge in [-0.1, -0.05) is 6.58 Å². The zero-order valence-corrected chi connectivity index (χ0v) is 15.8. The van der Waals surface area contributed by atoms with E-state index in [1.165, 1.54) is 0 Å². The number of nitrogens with one attached hydrogen (secondary N) is 3. The molecular weight excluding hydrogens is 356 g/mol. The number of amides is 1. The maximum atomic E-state index is 12.3. The number of carbonyl (C=O) groups excluding carboxylic acids is 1. The molecule has 1 heterocycles. The summed E-state index contributed by atoms with van der Waals surface area (Å²) in [5, 5.41) is 6.92. The van der Waals surface area contributed by atoms with Gasteiger partial charge in [0, 0.05) is 5.56 Å². The summed E-state index contributed by atoms with van der Waals surface area (Å²) in [4.78, 5) is 12.3. The van der Waals surface area contributed by atoms with Crippen LogP contribution in [0.1, 0.15) is 23.0 Å². The van der Waals surface area contributed by atoms with Crippen LogP contribution in [-0.2, 0) is 0 Å². The fourth-order valence-electron chi connectivity index (χ4n) is 2.54. The lowest BCUT2D eigenvalue weighted by atomic mass is 10.1. The standard InChI is InChI=1S/C21H22N4O3/c1-4-28-18-11-5-15(6-12-18)14(2)22-25-21(26)20-13-19(23-24-20)16-7-9-17(27-3)10-8-16/h5-13,22H,2,4H2,1,3H3,(H,23,24)(H,25,26). The Bertz CT molecular complexity index is 947. The Morgan fingerprint density at radius 1 is 1.07 bits per heavy atom. The molecule has 3 N–H and O–H groups in total. The summed E-state index contributed by atoms with van der Waals surface area (Å²) in [6.07, 6.45) is 0. The van der Waals surface area contributed by atoms with Gasteiger partial charge in [-0.15, -0.1) is 0 Å². The van der Waals surface area contributed by atoms with Crippen molar-refractivity contribution in [1.29, 1.82) is 0 Å². The fourth-order valence-corrected chi connectivity index (χ4v) is 2.54. The largest absolute Gasteiger partial charge is 0.497 e. The molecule has 0 aliphatic heterocycles. The Kier molecular flexibility index (Phi) is 5.96. The summed E-state index contributed by atoms with van der Waals surface area (Å²) in [7, 11) is 1.61. The lowest BCUT2D eigenvalue weighted by molar-refractivity contribution is 0.0937. The summed E-state index contributed by atoms with van der Waals surface area (Å²) < 4.78 is 10.6. The minimum atomic E-state index is -0.348. The second-order valence-corrected chi connectivity index (χ2v) is 5.91. The van der Waals surface area contributed by atoms with E-state index in [2.05, 4.69) is 27.6 Å². The monoisotopic (exact) mass is 378 g/mol. The molecule has 3 aromatic rings. The van der Waals surface area contributed by atoms with Crippen molar-refractivity contribution < 1.29 is 14.3 Å². The number of hydrogen-bond donors (Lipinski definition) is 3. The predicted octanol–water partition coefficient (Wildman–Crippen LogP) is 3.39. The van der Waals surface area contributed by atoms with E-state index in [9.17, 15) is 4.79 Å². The van der Waals surface area contributed by atoms with Gasteiger partial charge in [-0.25, -0.2) is 0 Å². The molecule has 0 fully saturated rings. The molecule has 0 aliphatic carbocycles. The summed E-state index contributed by atoms with van der Waals surface area (Å²) >= 11 is 0. The summed E-state index contributed by atoms with van der Waals surface area (Å²) in [6.45, 7) is 6.47. The van der Waals surface area contributed by atoms with Crippen molar-refractivity contribution in [3.63, 3.8) is 0 Å². The Labute approximate surface area is 163 Å². The number of carbonyl (C=O) groups is 1. The van der Waals surface area contributed by atoms with E-state index in [-0.39, 0.29) is 5.91 Å². The highest BCUT2D eigenvalue weighted by Crippen LogP contribution is 2.21. The van der Waals surface area contributed by atoms with E-state index in [1.807, 2.05) is 55.5 Å². The molecule has 0 atom stereocenters. The lowest BCUT2D eigenvalue weighted by Gasteiger charge is -2.11. The number of rotatable bonds is 8. The first-order valence-electron chi connectivity index (χ1n) is 8.79. The highest BCUT2D eigenvalue weighted by Gasteiger charge is 2.11. The number of methoxy groups -OCH3 is 1. The van der Waals surface area contributed by atoms with Crippen molar-refractivity contribution in [3.05, 3.63) is 72.4 Å². The number of H-pyrrole nitrogens is 1. The van der Waals surface area contributed by atoms with Crippen LogP contribution in [0.25, 0.3) is 17.0 Å². The molecule has 3 rings (SSSR count). The summed E-state index contributed by atoms with van der Waals surface area (Å²) in [6, 6.07) is 16.5.